The quantitative estimate of drug-likeness (QED) is 0.811. The maximum absolute atomic E-state index is 12.7. The second-order valence-electron chi connectivity index (χ2n) is 6.21. The van der Waals surface area contributed by atoms with Crippen molar-refractivity contribution < 1.29 is 13.2 Å². The Balaban J connectivity index is 1.74. The molecule has 1 aliphatic rings. The molecule has 2 N–H and O–H groups in total. The first-order valence-corrected chi connectivity index (χ1v) is 10.7. The first-order chi connectivity index (χ1) is 12.0. The molecule has 0 saturated carbocycles. The number of anilines is 1. The fourth-order valence-electron chi connectivity index (χ4n) is 3.07. The Kier molecular flexibility index (Phi) is 5.44. The van der Waals surface area contributed by atoms with Gasteiger partial charge in [0.25, 0.3) is 10.0 Å². The van der Waals surface area contributed by atoms with Gasteiger partial charge < -0.3 is 5.32 Å². The minimum atomic E-state index is -3.59. The zero-order chi connectivity index (χ0) is 17.9. The largest absolute Gasteiger partial charge is 0.356 e. The van der Waals surface area contributed by atoms with Crippen LogP contribution in [0.4, 0.5) is 5.69 Å². The summed E-state index contributed by atoms with van der Waals surface area (Å²) in [5, 5.41) is 2.72. The van der Waals surface area contributed by atoms with Crippen molar-refractivity contribution in [1.29, 1.82) is 0 Å². The Morgan fingerprint density at radius 1 is 1.16 bits per heavy atom. The lowest BCUT2D eigenvalue weighted by Crippen LogP contribution is -2.22. The summed E-state index contributed by atoms with van der Waals surface area (Å²) in [6, 6.07) is 9.27. The smallest absolute Gasteiger partial charge is 0.271 e. The number of benzene rings is 1. The highest BCUT2D eigenvalue weighted by Crippen LogP contribution is 2.30. The number of rotatable bonds is 6. The molecular weight excluding hydrogens is 356 g/mol. The summed E-state index contributed by atoms with van der Waals surface area (Å²) in [4.78, 5) is 11.8. The lowest BCUT2D eigenvalue weighted by molar-refractivity contribution is -0.118. The van der Waals surface area contributed by atoms with Crippen molar-refractivity contribution in [3.05, 3.63) is 46.3 Å². The van der Waals surface area contributed by atoms with Gasteiger partial charge >= 0.3 is 0 Å². The van der Waals surface area contributed by atoms with E-state index in [2.05, 4.69) is 16.1 Å². The fraction of sp³-hybridized carbons (Fsp3) is 0.389. The SMILES string of the molecule is CC(=O)NCCc1ccc(S(=O)(=O)Nc2cccc3c2CCCC3)s1. The average Bonchev–Trinajstić information content (AvgIpc) is 3.04. The van der Waals surface area contributed by atoms with Crippen molar-refractivity contribution in [2.45, 2.75) is 43.2 Å². The van der Waals surface area contributed by atoms with E-state index in [1.165, 1.54) is 23.8 Å². The second kappa shape index (κ2) is 7.58. The lowest BCUT2D eigenvalue weighted by Gasteiger charge is -2.19. The van der Waals surface area contributed by atoms with E-state index in [0.717, 1.165) is 36.1 Å². The highest BCUT2D eigenvalue weighted by molar-refractivity contribution is 7.94. The lowest BCUT2D eigenvalue weighted by atomic mass is 9.91. The molecule has 0 saturated heterocycles. The zero-order valence-electron chi connectivity index (χ0n) is 14.2. The molecule has 3 rings (SSSR count). The highest BCUT2D eigenvalue weighted by atomic mass is 32.2. The van der Waals surface area contributed by atoms with Gasteiger partial charge in [-0.2, -0.15) is 0 Å². The Morgan fingerprint density at radius 3 is 2.76 bits per heavy atom. The average molecular weight is 379 g/mol. The molecule has 0 bridgehead atoms. The van der Waals surface area contributed by atoms with E-state index in [-0.39, 0.29) is 5.91 Å². The number of sulfonamides is 1. The molecule has 2 aromatic rings. The third-order valence-electron chi connectivity index (χ3n) is 4.29. The monoisotopic (exact) mass is 378 g/mol. The summed E-state index contributed by atoms with van der Waals surface area (Å²) in [5.74, 6) is -0.0834. The predicted octanol–water partition coefficient (Wildman–Crippen LogP) is 3.11. The molecular formula is C18H22N2O3S2. The Hall–Kier alpha value is -1.86. The first-order valence-electron chi connectivity index (χ1n) is 8.42. The number of nitrogens with one attached hydrogen (secondary N) is 2. The number of fused-ring (bicyclic) bond motifs is 1. The molecule has 1 aliphatic carbocycles. The number of amides is 1. The van der Waals surface area contributed by atoms with Gasteiger partial charge in [-0.15, -0.1) is 11.3 Å². The first kappa shape index (κ1) is 17.9. The van der Waals surface area contributed by atoms with Gasteiger partial charge in [-0.3, -0.25) is 9.52 Å². The van der Waals surface area contributed by atoms with Gasteiger partial charge in [0, 0.05) is 18.3 Å². The summed E-state index contributed by atoms with van der Waals surface area (Å²) in [6.45, 7) is 1.98. The van der Waals surface area contributed by atoms with E-state index in [0.29, 0.717) is 22.9 Å². The standard InChI is InChI=1S/C18H22N2O3S2/c1-13(21)19-12-11-15-9-10-18(24-15)25(22,23)20-17-8-4-6-14-5-2-3-7-16(14)17/h4,6,8-10,20H,2-3,5,7,11-12H2,1H3,(H,19,21). The van der Waals surface area contributed by atoms with Crippen molar-refractivity contribution in [1.82, 2.24) is 5.32 Å². The number of carbonyl (C=O) groups excluding carboxylic acids is 1. The summed E-state index contributed by atoms with van der Waals surface area (Å²) >= 11 is 1.25. The van der Waals surface area contributed by atoms with Crippen molar-refractivity contribution >= 4 is 33.0 Å². The minimum Gasteiger partial charge on any atom is -0.356 e. The predicted molar refractivity (Wildman–Crippen MR) is 101 cm³/mol. The van der Waals surface area contributed by atoms with Crippen LogP contribution in [-0.2, 0) is 34.1 Å². The van der Waals surface area contributed by atoms with Gasteiger partial charge in [0.1, 0.15) is 4.21 Å². The van der Waals surface area contributed by atoms with Crippen LogP contribution in [0.25, 0.3) is 0 Å². The Morgan fingerprint density at radius 2 is 1.96 bits per heavy atom. The normalized spacial score (nSPS) is 14.0. The summed E-state index contributed by atoms with van der Waals surface area (Å²) < 4.78 is 28.5. The van der Waals surface area contributed by atoms with Gasteiger partial charge in [0.05, 0.1) is 5.69 Å². The van der Waals surface area contributed by atoms with Crippen LogP contribution < -0.4 is 10.0 Å². The Bertz CT molecular complexity index is 872. The van der Waals surface area contributed by atoms with Crippen molar-refractivity contribution in [2.24, 2.45) is 0 Å². The number of carbonyl (C=O) groups is 1. The van der Waals surface area contributed by atoms with Crippen LogP contribution in [0, 0.1) is 0 Å². The van der Waals surface area contributed by atoms with Gasteiger partial charge in [-0.05, 0) is 61.4 Å². The third kappa shape index (κ3) is 4.41. The van der Waals surface area contributed by atoms with Crippen molar-refractivity contribution in [3.63, 3.8) is 0 Å². The molecule has 1 aromatic carbocycles. The van der Waals surface area contributed by atoms with Gasteiger partial charge in [0.2, 0.25) is 5.91 Å². The zero-order valence-corrected chi connectivity index (χ0v) is 15.8. The third-order valence-corrected chi connectivity index (χ3v) is 7.29. The van der Waals surface area contributed by atoms with Crippen molar-refractivity contribution in [2.75, 3.05) is 11.3 Å². The van der Waals surface area contributed by atoms with Crippen LogP contribution in [0.1, 0.15) is 35.8 Å². The van der Waals surface area contributed by atoms with E-state index >= 15 is 0 Å². The van der Waals surface area contributed by atoms with Crippen LogP contribution in [0.15, 0.2) is 34.5 Å². The van der Waals surface area contributed by atoms with Crippen LogP contribution in [0.3, 0.4) is 0 Å². The minimum absolute atomic E-state index is 0.0834. The highest BCUT2D eigenvalue weighted by Gasteiger charge is 2.20. The maximum atomic E-state index is 12.7. The topological polar surface area (TPSA) is 75.3 Å². The second-order valence-corrected chi connectivity index (χ2v) is 9.29. The van der Waals surface area contributed by atoms with Gasteiger partial charge in [-0.25, -0.2) is 8.42 Å². The van der Waals surface area contributed by atoms with E-state index < -0.39 is 10.0 Å². The summed E-state index contributed by atoms with van der Waals surface area (Å²) in [7, 11) is -3.59. The van der Waals surface area contributed by atoms with E-state index in [1.807, 2.05) is 18.2 Å². The molecule has 0 aliphatic heterocycles. The molecule has 0 spiro atoms. The van der Waals surface area contributed by atoms with E-state index in [4.69, 9.17) is 0 Å². The van der Waals surface area contributed by atoms with Crippen molar-refractivity contribution in [3.8, 4) is 0 Å². The van der Waals surface area contributed by atoms with E-state index in [1.54, 1.807) is 6.07 Å². The van der Waals surface area contributed by atoms with Gasteiger partial charge in [-0.1, -0.05) is 12.1 Å². The number of thiophene rings is 1. The molecule has 1 aromatic heterocycles. The van der Waals surface area contributed by atoms with E-state index in [9.17, 15) is 13.2 Å². The molecule has 0 unspecified atom stereocenters. The fourth-order valence-corrected chi connectivity index (χ4v) is 5.52. The van der Waals surface area contributed by atoms with Crippen LogP contribution in [-0.4, -0.2) is 20.9 Å². The molecule has 7 heteroatoms. The molecule has 25 heavy (non-hydrogen) atoms. The molecule has 0 atom stereocenters. The van der Waals surface area contributed by atoms with Crippen LogP contribution in [0.2, 0.25) is 0 Å². The van der Waals surface area contributed by atoms with Crippen LogP contribution in [0.5, 0.6) is 0 Å². The number of hydrogen-bond donors (Lipinski definition) is 2. The van der Waals surface area contributed by atoms with Gasteiger partial charge in [0.15, 0.2) is 0 Å². The molecule has 5 nitrogen and oxygen atoms in total. The Labute approximate surface area is 152 Å². The van der Waals surface area contributed by atoms with Crippen LogP contribution >= 0.6 is 11.3 Å². The maximum Gasteiger partial charge on any atom is 0.271 e. The molecule has 1 heterocycles. The molecule has 0 fully saturated rings. The summed E-state index contributed by atoms with van der Waals surface area (Å²) in [5.41, 5.74) is 3.07. The number of aryl methyl sites for hydroxylation is 1. The molecule has 1 amide bonds. The summed E-state index contributed by atoms with van der Waals surface area (Å²) in [6.07, 6.45) is 4.81. The molecule has 0 radical (unpaired) electrons. The number of hydrogen-bond acceptors (Lipinski definition) is 4. The molecule has 134 valence electrons.